The highest BCUT2D eigenvalue weighted by Crippen LogP contribution is 2.23. The molecule has 2 N–H and O–H groups in total. The molecule has 8 nitrogen and oxygen atoms in total. The van der Waals surface area contributed by atoms with Gasteiger partial charge in [0.1, 0.15) is 0 Å². The Morgan fingerprint density at radius 2 is 1.82 bits per heavy atom. The summed E-state index contributed by atoms with van der Waals surface area (Å²) in [6.07, 6.45) is 1.96. The fraction of sp³-hybridized carbons (Fsp3) is 0.417. The standard InChI is InChI=1S/C24H31N3O5S/c1-18-7-3-4-10-22(18)33(30,31)26-21-9-5-8-20(17-21)24(29)27-14-11-19(12-15-27)23(28)25-13-6-16-32-2/h3-5,7-10,17,19,26H,6,11-16H2,1-2H3,(H,25,28). The molecule has 2 amide bonds. The number of hydrogen-bond acceptors (Lipinski definition) is 5. The quantitative estimate of drug-likeness (QED) is 0.545. The molecule has 3 rings (SSSR count). The monoisotopic (exact) mass is 473 g/mol. The van der Waals surface area contributed by atoms with Crippen molar-refractivity contribution < 1.29 is 22.7 Å². The Labute approximate surface area is 195 Å². The molecule has 9 heteroatoms. The van der Waals surface area contributed by atoms with Crippen molar-refractivity contribution in [1.82, 2.24) is 10.2 Å². The van der Waals surface area contributed by atoms with Gasteiger partial charge in [0.05, 0.1) is 4.90 Å². The van der Waals surface area contributed by atoms with E-state index in [-0.39, 0.29) is 22.6 Å². The molecule has 0 radical (unpaired) electrons. The van der Waals surface area contributed by atoms with Crippen LogP contribution >= 0.6 is 0 Å². The number of carbonyl (C=O) groups excluding carboxylic acids is 2. The molecule has 2 aromatic rings. The maximum atomic E-state index is 13.0. The van der Waals surface area contributed by atoms with Crippen LogP contribution in [-0.2, 0) is 19.6 Å². The van der Waals surface area contributed by atoms with Crippen molar-refractivity contribution in [3.8, 4) is 0 Å². The molecule has 0 bridgehead atoms. The van der Waals surface area contributed by atoms with Crippen LogP contribution in [0.2, 0.25) is 0 Å². The van der Waals surface area contributed by atoms with Gasteiger partial charge in [-0.25, -0.2) is 8.42 Å². The Morgan fingerprint density at radius 3 is 2.52 bits per heavy atom. The van der Waals surface area contributed by atoms with Crippen LogP contribution in [-0.4, -0.2) is 58.5 Å². The zero-order valence-electron chi connectivity index (χ0n) is 19.0. The first-order valence-corrected chi connectivity index (χ1v) is 12.5. The van der Waals surface area contributed by atoms with E-state index in [9.17, 15) is 18.0 Å². The lowest BCUT2D eigenvalue weighted by Crippen LogP contribution is -2.43. The Morgan fingerprint density at radius 1 is 1.09 bits per heavy atom. The summed E-state index contributed by atoms with van der Waals surface area (Å²) in [4.78, 5) is 27.2. The van der Waals surface area contributed by atoms with Gasteiger partial charge in [0.2, 0.25) is 5.91 Å². The van der Waals surface area contributed by atoms with Crippen LogP contribution in [0.5, 0.6) is 0 Å². The minimum absolute atomic E-state index is 0.0193. The van der Waals surface area contributed by atoms with E-state index in [1.54, 1.807) is 67.5 Å². The number of likely N-dealkylation sites (tertiary alicyclic amines) is 1. The van der Waals surface area contributed by atoms with Crippen LogP contribution in [0.3, 0.4) is 0 Å². The fourth-order valence-corrected chi connectivity index (χ4v) is 5.18. The lowest BCUT2D eigenvalue weighted by molar-refractivity contribution is -0.126. The summed E-state index contributed by atoms with van der Waals surface area (Å²) in [6, 6.07) is 13.2. The summed E-state index contributed by atoms with van der Waals surface area (Å²) in [6.45, 7) is 3.88. The van der Waals surface area contributed by atoms with Crippen LogP contribution in [0.1, 0.15) is 35.2 Å². The summed E-state index contributed by atoms with van der Waals surface area (Å²) >= 11 is 0. The summed E-state index contributed by atoms with van der Waals surface area (Å²) < 4.78 is 33.1. The average Bonchev–Trinajstić information content (AvgIpc) is 2.81. The molecule has 1 heterocycles. The number of amides is 2. The maximum absolute atomic E-state index is 13.0. The first kappa shape index (κ1) is 24.7. The van der Waals surface area contributed by atoms with Crippen LogP contribution in [0.25, 0.3) is 0 Å². The van der Waals surface area contributed by atoms with E-state index in [2.05, 4.69) is 10.0 Å². The molecule has 0 spiro atoms. The summed E-state index contributed by atoms with van der Waals surface area (Å²) in [7, 11) is -2.14. The zero-order valence-corrected chi connectivity index (χ0v) is 19.9. The molecule has 33 heavy (non-hydrogen) atoms. The Balaban J connectivity index is 1.59. The number of rotatable bonds is 9. The average molecular weight is 474 g/mol. The lowest BCUT2D eigenvalue weighted by Gasteiger charge is -2.31. The number of anilines is 1. The summed E-state index contributed by atoms with van der Waals surface area (Å²) in [5.74, 6) is -0.263. The van der Waals surface area contributed by atoms with Crippen molar-refractivity contribution in [2.45, 2.75) is 31.1 Å². The minimum Gasteiger partial charge on any atom is -0.385 e. The van der Waals surface area contributed by atoms with E-state index >= 15 is 0 Å². The predicted octanol–water partition coefficient (Wildman–Crippen LogP) is 2.80. The van der Waals surface area contributed by atoms with Gasteiger partial charge in [0, 0.05) is 50.5 Å². The Kier molecular flexibility index (Phi) is 8.46. The maximum Gasteiger partial charge on any atom is 0.262 e. The van der Waals surface area contributed by atoms with Crippen molar-refractivity contribution in [3.05, 3.63) is 59.7 Å². The van der Waals surface area contributed by atoms with Crippen molar-refractivity contribution in [2.24, 2.45) is 5.92 Å². The zero-order chi connectivity index (χ0) is 23.8. The molecule has 2 aromatic carbocycles. The van der Waals surface area contributed by atoms with Crippen LogP contribution in [0, 0.1) is 12.8 Å². The van der Waals surface area contributed by atoms with Gasteiger partial charge in [0.15, 0.2) is 0 Å². The van der Waals surface area contributed by atoms with Crippen molar-refractivity contribution >= 4 is 27.5 Å². The highest BCUT2D eigenvalue weighted by Gasteiger charge is 2.28. The SMILES string of the molecule is COCCCNC(=O)C1CCN(C(=O)c2cccc(NS(=O)(=O)c3ccccc3C)c2)CC1. The topological polar surface area (TPSA) is 105 Å². The molecule has 0 saturated carbocycles. The lowest BCUT2D eigenvalue weighted by atomic mass is 9.95. The number of ether oxygens (including phenoxy) is 1. The fourth-order valence-electron chi connectivity index (χ4n) is 3.88. The number of methoxy groups -OCH3 is 1. The van der Waals surface area contributed by atoms with Gasteiger partial charge in [-0.3, -0.25) is 14.3 Å². The number of sulfonamides is 1. The van der Waals surface area contributed by atoms with Gasteiger partial charge in [-0.15, -0.1) is 0 Å². The van der Waals surface area contributed by atoms with Crippen molar-refractivity contribution in [3.63, 3.8) is 0 Å². The van der Waals surface area contributed by atoms with E-state index in [4.69, 9.17) is 4.74 Å². The first-order chi connectivity index (χ1) is 15.8. The highest BCUT2D eigenvalue weighted by molar-refractivity contribution is 7.92. The first-order valence-electron chi connectivity index (χ1n) is 11.1. The molecule has 0 aromatic heterocycles. The van der Waals surface area contributed by atoms with Gasteiger partial charge in [-0.05, 0) is 56.0 Å². The van der Waals surface area contributed by atoms with Gasteiger partial charge >= 0.3 is 0 Å². The number of carbonyl (C=O) groups is 2. The third kappa shape index (κ3) is 6.55. The van der Waals surface area contributed by atoms with E-state index in [1.165, 1.54) is 0 Å². The van der Waals surface area contributed by atoms with E-state index in [0.29, 0.717) is 55.9 Å². The van der Waals surface area contributed by atoms with E-state index in [0.717, 1.165) is 6.42 Å². The molecular weight excluding hydrogens is 442 g/mol. The molecule has 0 unspecified atom stereocenters. The summed E-state index contributed by atoms with van der Waals surface area (Å²) in [5, 5.41) is 2.92. The van der Waals surface area contributed by atoms with Crippen molar-refractivity contribution in [1.29, 1.82) is 0 Å². The molecule has 0 aliphatic carbocycles. The van der Waals surface area contributed by atoms with Crippen molar-refractivity contribution in [2.75, 3.05) is 38.1 Å². The second-order valence-corrected chi connectivity index (χ2v) is 9.81. The number of benzene rings is 2. The van der Waals surface area contributed by atoms with Gasteiger partial charge < -0.3 is 15.0 Å². The number of piperidine rings is 1. The molecule has 178 valence electrons. The third-order valence-electron chi connectivity index (χ3n) is 5.72. The minimum atomic E-state index is -3.77. The molecule has 1 aliphatic heterocycles. The predicted molar refractivity (Wildman–Crippen MR) is 127 cm³/mol. The molecule has 1 saturated heterocycles. The second-order valence-electron chi connectivity index (χ2n) is 8.16. The second kappa shape index (κ2) is 11.3. The number of aryl methyl sites for hydroxylation is 1. The van der Waals surface area contributed by atoms with Crippen LogP contribution in [0.4, 0.5) is 5.69 Å². The third-order valence-corrected chi connectivity index (χ3v) is 7.26. The highest BCUT2D eigenvalue weighted by atomic mass is 32.2. The molecule has 1 fully saturated rings. The van der Waals surface area contributed by atoms with Gasteiger partial charge in [0.25, 0.3) is 15.9 Å². The Hall–Kier alpha value is -2.91. The smallest absolute Gasteiger partial charge is 0.262 e. The Bertz CT molecular complexity index is 1080. The van der Waals surface area contributed by atoms with E-state index in [1.807, 2.05) is 0 Å². The number of hydrogen-bond donors (Lipinski definition) is 2. The normalized spacial score (nSPS) is 14.7. The van der Waals surface area contributed by atoms with Gasteiger partial charge in [-0.1, -0.05) is 24.3 Å². The number of nitrogens with one attached hydrogen (secondary N) is 2. The summed E-state index contributed by atoms with van der Waals surface area (Å²) in [5.41, 5.74) is 1.37. The van der Waals surface area contributed by atoms with E-state index < -0.39 is 10.0 Å². The van der Waals surface area contributed by atoms with Crippen LogP contribution in [0.15, 0.2) is 53.4 Å². The largest absolute Gasteiger partial charge is 0.385 e. The number of nitrogens with zero attached hydrogens (tertiary/aromatic N) is 1. The molecule has 1 aliphatic rings. The molecule has 0 atom stereocenters. The van der Waals surface area contributed by atoms with Gasteiger partial charge in [-0.2, -0.15) is 0 Å². The molecular formula is C24H31N3O5S. The van der Waals surface area contributed by atoms with Crippen LogP contribution < -0.4 is 10.0 Å².